The minimum atomic E-state index is -3.54. The van der Waals surface area contributed by atoms with Gasteiger partial charge in [-0.1, -0.05) is 12.1 Å². The van der Waals surface area contributed by atoms with E-state index >= 15 is 0 Å². The zero-order chi connectivity index (χ0) is 16.0. The zero-order valence-corrected chi connectivity index (χ0v) is 13.3. The molecule has 0 saturated heterocycles. The maximum Gasteiger partial charge on any atom is 0.242 e. The summed E-state index contributed by atoms with van der Waals surface area (Å²) in [5.74, 6) is -0.692. The lowest BCUT2D eigenvalue weighted by atomic mass is 10.1. The number of nitrogens with one attached hydrogen (secondary N) is 1. The molecule has 114 valence electrons. The molecule has 1 unspecified atom stereocenters. The second-order valence-electron chi connectivity index (χ2n) is 5.01. The first kappa shape index (κ1) is 17.2. The largest absolute Gasteiger partial charge is 0.325 e. The van der Waals surface area contributed by atoms with Crippen LogP contribution >= 0.6 is 0 Å². The summed E-state index contributed by atoms with van der Waals surface area (Å²) in [5, 5.41) is 9.97. The lowest BCUT2D eigenvalue weighted by Crippen LogP contribution is -2.34. The fraction of sp³-hybridized carbons (Fsp3) is 0.467. The van der Waals surface area contributed by atoms with Crippen LogP contribution in [0.15, 0.2) is 18.2 Å². The molecule has 0 aliphatic rings. The number of hydrogen-bond donors (Lipinski definition) is 1. The van der Waals surface area contributed by atoms with E-state index in [0.717, 1.165) is 11.1 Å². The molecule has 0 bridgehead atoms. The summed E-state index contributed by atoms with van der Waals surface area (Å²) in [6.45, 7) is 5.17. The van der Waals surface area contributed by atoms with E-state index in [4.69, 9.17) is 5.26 Å². The fourth-order valence-corrected chi connectivity index (χ4v) is 3.10. The number of sulfone groups is 1. The van der Waals surface area contributed by atoms with Gasteiger partial charge in [0.15, 0.2) is 9.84 Å². The van der Waals surface area contributed by atoms with Crippen LogP contribution in [0.25, 0.3) is 0 Å². The lowest BCUT2D eigenvalue weighted by molar-refractivity contribution is -0.115. The highest BCUT2D eigenvalue weighted by Crippen LogP contribution is 2.19. The van der Waals surface area contributed by atoms with Crippen molar-refractivity contribution >= 4 is 21.4 Å². The Kier molecular flexibility index (Phi) is 5.91. The number of anilines is 1. The number of hydrogen-bond acceptors (Lipinski definition) is 4. The van der Waals surface area contributed by atoms with Crippen molar-refractivity contribution in [1.29, 1.82) is 5.26 Å². The van der Waals surface area contributed by atoms with Gasteiger partial charge in [-0.2, -0.15) is 5.26 Å². The number of carbonyl (C=O) groups excluding carboxylic acids is 1. The molecule has 0 aromatic heterocycles. The van der Waals surface area contributed by atoms with Crippen molar-refractivity contribution in [3.63, 3.8) is 0 Å². The van der Waals surface area contributed by atoms with Gasteiger partial charge in [0.05, 0.1) is 11.8 Å². The third kappa shape index (κ3) is 4.57. The summed E-state index contributed by atoms with van der Waals surface area (Å²) < 4.78 is 24.0. The van der Waals surface area contributed by atoms with E-state index in [1.807, 2.05) is 32.0 Å². The average Bonchev–Trinajstić information content (AvgIpc) is 2.43. The van der Waals surface area contributed by atoms with Crippen LogP contribution < -0.4 is 5.32 Å². The second-order valence-corrected chi connectivity index (χ2v) is 7.45. The molecule has 5 nitrogen and oxygen atoms in total. The molecule has 0 spiro atoms. The van der Waals surface area contributed by atoms with Gasteiger partial charge in [0.25, 0.3) is 0 Å². The van der Waals surface area contributed by atoms with Crippen LogP contribution in [0.2, 0.25) is 0 Å². The highest BCUT2D eigenvalue weighted by Gasteiger charge is 2.27. The third-order valence-corrected chi connectivity index (χ3v) is 5.64. The molecule has 1 N–H and O–H groups in total. The quantitative estimate of drug-likeness (QED) is 0.817. The van der Waals surface area contributed by atoms with Crippen LogP contribution in [0.3, 0.4) is 0 Å². The topological polar surface area (TPSA) is 87.0 Å². The average molecular weight is 308 g/mol. The van der Waals surface area contributed by atoms with Crippen molar-refractivity contribution < 1.29 is 13.2 Å². The molecule has 0 aliphatic heterocycles. The van der Waals surface area contributed by atoms with E-state index in [9.17, 15) is 13.2 Å². The number of rotatable bonds is 6. The Bertz CT molecular complexity index is 660. The summed E-state index contributed by atoms with van der Waals surface area (Å²) in [6.07, 6.45) is 0.421. The van der Waals surface area contributed by atoms with Crippen LogP contribution in [0.5, 0.6) is 0 Å². The fourth-order valence-electron chi connectivity index (χ4n) is 1.81. The minimum Gasteiger partial charge on any atom is -0.325 e. The van der Waals surface area contributed by atoms with Gasteiger partial charge in [-0.05, 0) is 44.4 Å². The van der Waals surface area contributed by atoms with Crippen molar-refractivity contribution in [3.8, 4) is 6.07 Å². The van der Waals surface area contributed by atoms with Gasteiger partial charge in [0, 0.05) is 12.1 Å². The molecule has 1 rings (SSSR count). The smallest absolute Gasteiger partial charge is 0.242 e. The molecule has 0 saturated carbocycles. The van der Waals surface area contributed by atoms with Crippen LogP contribution in [-0.2, 0) is 14.6 Å². The normalized spacial score (nSPS) is 12.5. The maximum atomic E-state index is 12.1. The SMILES string of the molecule is Cc1cccc(NC(=O)C(C)S(=O)(=O)CCCC#N)c1C. The van der Waals surface area contributed by atoms with Gasteiger partial charge in [-0.25, -0.2) is 8.42 Å². The van der Waals surface area contributed by atoms with E-state index in [1.165, 1.54) is 6.92 Å². The van der Waals surface area contributed by atoms with E-state index < -0.39 is 21.0 Å². The zero-order valence-electron chi connectivity index (χ0n) is 12.5. The van der Waals surface area contributed by atoms with Gasteiger partial charge < -0.3 is 5.32 Å². The molecule has 6 heteroatoms. The molecule has 1 atom stereocenters. The molecule has 0 radical (unpaired) electrons. The monoisotopic (exact) mass is 308 g/mol. The Balaban J connectivity index is 2.79. The first-order valence-electron chi connectivity index (χ1n) is 6.75. The molecule has 0 fully saturated rings. The maximum absolute atomic E-state index is 12.1. The van der Waals surface area contributed by atoms with Gasteiger partial charge in [0.1, 0.15) is 5.25 Å². The van der Waals surface area contributed by atoms with Gasteiger partial charge in [-0.15, -0.1) is 0 Å². The molecule has 0 heterocycles. The van der Waals surface area contributed by atoms with E-state index in [-0.39, 0.29) is 18.6 Å². The molecule has 21 heavy (non-hydrogen) atoms. The first-order valence-corrected chi connectivity index (χ1v) is 8.46. The Morgan fingerprint density at radius 3 is 2.67 bits per heavy atom. The van der Waals surface area contributed by atoms with E-state index in [2.05, 4.69) is 5.32 Å². The number of nitrogens with zero attached hydrogens (tertiary/aromatic N) is 1. The number of unbranched alkanes of at least 4 members (excludes halogenated alkanes) is 1. The van der Waals surface area contributed by atoms with Gasteiger partial charge >= 0.3 is 0 Å². The van der Waals surface area contributed by atoms with Crippen molar-refractivity contribution in [2.24, 2.45) is 0 Å². The Morgan fingerprint density at radius 2 is 2.05 bits per heavy atom. The standard InChI is InChI=1S/C15H20N2O3S/c1-11-7-6-8-14(12(11)2)17-15(18)13(3)21(19,20)10-5-4-9-16/h6-8,13H,4-5,10H2,1-3H3,(H,17,18). The Morgan fingerprint density at radius 1 is 1.38 bits per heavy atom. The number of aryl methyl sites for hydroxylation is 1. The van der Waals surface area contributed by atoms with Crippen molar-refractivity contribution in [2.45, 2.75) is 38.9 Å². The molecule has 0 aliphatic carbocycles. The summed E-state index contributed by atoms with van der Waals surface area (Å²) in [7, 11) is -3.54. The number of nitriles is 1. The second kappa shape index (κ2) is 7.23. The lowest BCUT2D eigenvalue weighted by Gasteiger charge is -2.15. The molecular weight excluding hydrogens is 288 g/mol. The number of benzene rings is 1. The molecule has 1 aromatic rings. The first-order chi connectivity index (χ1) is 9.79. The summed E-state index contributed by atoms with van der Waals surface area (Å²) in [4.78, 5) is 12.1. The van der Waals surface area contributed by atoms with Gasteiger partial charge in [-0.3, -0.25) is 4.79 Å². The van der Waals surface area contributed by atoms with Crippen LogP contribution in [-0.4, -0.2) is 25.3 Å². The predicted octanol–water partition coefficient (Wildman–Crippen LogP) is 2.35. The summed E-state index contributed by atoms with van der Waals surface area (Å²) in [5.41, 5.74) is 2.57. The predicted molar refractivity (Wildman–Crippen MR) is 82.6 cm³/mol. The summed E-state index contributed by atoms with van der Waals surface area (Å²) >= 11 is 0. The minimum absolute atomic E-state index is 0.151. The highest BCUT2D eigenvalue weighted by atomic mass is 32.2. The third-order valence-electron chi connectivity index (χ3n) is 3.49. The van der Waals surface area contributed by atoms with Crippen LogP contribution in [0.1, 0.15) is 30.9 Å². The van der Waals surface area contributed by atoms with Crippen LogP contribution in [0, 0.1) is 25.2 Å². The van der Waals surface area contributed by atoms with Gasteiger partial charge in [0.2, 0.25) is 5.91 Å². The van der Waals surface area contributed by atoms with E-state index in [1.54, 1.807) is 6.07 Å². The summed E-state index contributed by atoms with van der Waals surface area (Å²) in [6, 6.07) is 7.38. The molecule has 1 amide bonds. The van der Waals surface area contributed by atoms with Crippen LogP contribution in [0.4, 0.5) is 5.69 Å². The Labute approximate surface area is 125 Å². The highest BCUT2D eigenvalue weighted by molar-refractivity contribution is 7.92. The van der Waals surface area contributed by atoms with Crippen molar-refractivity contribution in [2.75, 3.05) is 11.1 Å². The van der Waals surface area contributed by atoms with Crippen molar-refractivity contribution in [3.05, 3.63) is 29.3 Å². The molecule has 1 aromatic carbocycles. The van der Waals surface area contributed by atoms with Crippen molar-refractivity contribution in [1.82, 2.24) is 0 Å². The number of carbonyl (C=O) groups is 1. The Hall–Kier alpha value is -1.87. The number of amides is 1. The molecular formula is C15H20N2O3S. The van der Waals surface area contributed by atoms with E-state index in [0.29, 0.717) is 5.69 Å².